The van der Waals surface area contributed by atoms with E-state index in [0.717, 1.165) is 38.4 Å². The summed E-state index contributed by atoms with van der Waals surface area (Å²) in [5.41, 5.74) is 0. The molecule has 0 aliphatic carbocycles. The number of ketones is 1. The Morgan fingerprint density at radius 2 is 1.79 bits per heavy atom. The number of hydrogen-bond acceptors (Lipinski definition) is 2. The predicted octanol–water partition coefficient (Wildman–Crippen LogP) is 3.14. The van der Waals surface area contributed by atoms with Gasteiger partial charge in [0.2, 0.25) is 0 Å². The van der Waals surface area contributed by atoms with Crippen LogP contribution in [0.3, 0.4) is 0 Å². The van der Waals surface area contributed by atoms with Gasteiger partial charge in [-0.2, -0.15) is 0 Å². The van der Waals surface area contributed by atoms with Crippen molar-refractivity contribution in [1.82, 2.24) is 0 Å². The van der Waals surface area contributed by atoms with Crippen LogP contribution in [-0.4, -0.2) is 12.1 Å². The summed E-state index contributed by atoms with van der Waals surface area (Å²) in [6.07, 6.45) is 7.09. The van der Waals surface area contributed by atoms with Gasteiger partial charge in [0.1, 0.15) is 12.1 Å². The molecule has 0 unspecified atom stereocenters. The Morgan fingerprint density at radius 1 is 1.14 bits per heavy atom. The van der Waals surface area contributed by atoms with Crippen LogP contribution in [0.1, 0.15) is 58.8 Å². The lowest BCUT2D eigenvalue weighted by atomic mass is 9.94. The quantitative estimate of drug-likeness (QED) is 0.421. The normalized spacial score (nSPS) is 10.5. The largest absolute Gasteiger partial charge is 0.303 e. The Morgan fingerprint density at radius 3 is 2.29 bits per heavy atom. The van der Waals surface area contributed by atoms with Crippen LogP contribution in [0.5, 0.6) is 0 Å². The Bertz CT molecular complexity index is 160. The number of aldehydes is 1. The van der Waals surface area contributed by atoms with E-state index in [2.05, 4.69) is 13.8 Å². The highest BCUT2D eigenvalue weighted by Crippen LogP contribution is 2.13. The molecular weight excluding hydrogens is 176 g/mol. The molecule has 0 aromatic rings. The maximum absolute atomic E-state index is 11.6. The van der Waals surface area contributed by atoms with Gasteiger partial charge in [0, 0.05) is 18.8 Å². The van der Waals surface area contributed by atoms with E-state index < -0.39 is 0 Å². The Balaban J connectivity index is 3.47. The van der Waals surface area contributed by atoms with E-state index in [1.54, 1.807) is 0 Å². The van der Waals surface area contributed by atoms with Gasteiger partial charge in [-0.3, -0.25) is 4.79 Å². The van der Waals surface area contributed by atoms with E-state index in [1.807, 2.05) is 0 Å². The van der Waals surface area contributed by atoms with Crippen molar-refractivity contribution < 1.29 is 9.59 Å². The first-order chi connectivity index (χ1) is 6.76. The van der Waals surface area contributed by atoms with Crippen LogP contribution in [-0.2, 0) is 9.59 Å². The molecule has 0 amide bonds. The topological polar surface area (TPSA) is 34.1 Å². The minimum Gasteiger partial charge on any atom is -0.303 e. The zero-order valence-electron chi connectivity index (χ0n) is 9.42. The summed E-state index contributed by atoms with van der Waals surface area (Å²) in [6, 6.07) is 0. The first kappa shape index (κ1) is 13.3. The highest BCUT2D eigenvalue weighted by atomic mass is 16.1. The minimum atomic E-state index is 0.265. The fourth-order valence-electron chi connectivity index (χ4n) is 1.65. The second-order valence-electron chi connectivity index (χ2n) is 3.75. The molecule has 0 aromatic carbocycles. The Labute approximate surface area is 87.1 Å². The summed E-state index contributed by atoms with van der Waals surface area (Å²) in [4.78, 5) is 21.6. The molecule has 0 saturated heterocycles. The molecule has 0 heterocycles. The fraction of sp³-hybridized carbons (Fsp3) is 0.833. The third-order valence-electron chi connectivity index (χ3n) is 2.69. The molecule has 0 rings (SSSR count). The summed E-state index contributed by atoms with van der Waals surface area (Å²) in [5, 5.41) is 0. The van der Waals surface area contributed by atoms with Crippen LogP contribution >= 0.6 is 0 Å². The number of Topliss-reactive ketones (excluding diaryl/α,β-unsaturated/α-hetero) is 1. The predicted molar refractivity (Wildman–Crippen MR) is 58.2 cm³/mol. The molecule has 0 aliphatic heterocycles. The molecule has 14 heavy (non-hydrogen) atoms. The fourth-order valence-corrected chi connectivity index (χ4v) is 1.65. The van der Waals surface area contributed by atoms with Gasteiger partial charge in [-0.05, 0) is 25.7 Å². The average molecular weight is 198 g/mol. The van der Waals surface area contributed by atoms with Gasteiger partial charge in [-0.1, -0.05) is 20.3 Å². The van der Waals surface area contributed by atoms with Crippen molar-refractivity contribution >= 4 is 12.1 Å². The Hall–Kier alpha value is -0.660. The maximum Gasteiger partial charge on any atom is 0.135 e. The SMILES string of the molecule is CCC(CC)C(=O)CCCCCC=O. The van der Waals surface area contributed by atoms with Crippen LogP contribution < -0.4 is 0 Å². The zero-order valence-corrected chi connectivity index (χ0v) is 9.42. The van der Waals surface area contributed by atoms with Crippen molar-refractivity contribution in [2.75, 3.05) is 0 Å². The highest BCUT2D eigenvalue weighted by Gasteiger charge is 2.12. The lowest BCUT2D eigenvalue weighted by molar-refractivity contribution is -0.123. The van der Waals surface area contributed by atoms with Gasteiger partial charge in [0.05, 0.1) is 0 Å². The van der Waals surface area contributed by atoms with Gasteiger partial charge in [0.25, 0.3) is 0 Å². The molecule has 0 radical (unpaired) electrons. The Kier molecular flexibility index (Phi) is 8.50. The summed E-state index contributed by atoms with van der Waals surface area (Å²) < 4.78 is 0. The molecule has 0 aromatic heterocycles. The molecule has 0 spiro atoms. The summed E-state index contributed by atoms with van der Waals surface area (Å²) >= 11 is 0. The van der Waals surface area contributed by atoms with Crippen molar-refractivity contribution in [3.8, 4) is 0 Å². The average Bonchev–Trinajstić information content (AvgIpc) is 2.19. The first-order valence-corrected chi connectivity index (χ1v) is 5.72. The second-order valence-corrected chi connectivity index (χ2v) is 3.75. The van der Waals surface area contributed by atoms with E-state index in [0.29, 0.717) is 18.6 Å². The smallest absolute Gasteiger partial charge is 0.135 e. The third kappa shape index (κ3) is 5.90. The lowest BCUT2D eigenvalue weighted by Gasteiger charge is -2.10. The molecule has 0 N–H and O–H groups in total. The van der Waals surface area contributed by atoms with E-state index >= 15 is 0 Å². The van der Waals surface area contributed by atoms with Crippen molar-refractivity contribution in [2.24, 2.45) is 5.92 Å². The number of hydrogen-bond donors (Lipinski definition) is 0. The summed E-state index contributed by atoms with van der Waals surface area (Å²) in [6.45, 7) is 4.14. The van der Waals surface area contributed by atoms with Crippen molar-refractivity contribution in [3.05, 3.63) is 0 Å². The monoisotopic (exact) mass is 198 g/mol. The number of rotatable bonds is 9. The van der Waals surface area contributed by atoms with Gasteiger partial charge in [-0.25, -0.2) is 0 Å². The molecule has 2 nitrogen and oxygen atoms in total. The molecule has 0 bridgehead atoms. The molecule has 0 atom stereocenters. The van der Waals surface area contributed by atoms with Crippen LogP contribution in [0.15, 0.2) is 0 Å². The van der Waals surface area contributed by atoms with Crippen molar-refractivity contribution in [2.45, 2.75) is 58.8 Å². The van der Waals surface area contributed by atoms with Crippen LogP contribution in [0.4, 0.5) is 0 Å². The van der Waals surface area contributed by atoms with Gasteiger partial charge in [0.15, 0.2) is 0 Å². The number of unbranched alkanes of at least 4 members (excludes halogenated alkanes) is 3. The standard InChI is InChI=1S/C12H22O2/c1-3-11(4-2)12(14)9-7-5-6-8-10-13/h10-11H,3-9H2,1-2H3. The molecule has 0 aliphatic rings. The number of carbonyl (C=O) groups excluding carboxylic acids is 2. The van der Waals surface area contributed by atoms with Crippen LogP contribution in [0.2, 0.25) is 0 Å². The molecule has 0 fully saturated rings. The molecule has 2 heteroatoms. The summed E-state index contributed by atoms with van der Waals surface area (Å²) in [7, 11) is 0. The van der Waals surface area contributed by atoms with Gasteiger partial charge >= 0.3 is 0 Å². The maximum atomic E-state index is 11.6. The molecule has 0 saturated carbocycles. The number of carbonyl (C=O) groups is 2. The zero-order chi connectivity index (χ0) is 10.8. The lowest BCUT2D eigenvalue weighted by Crippen LogP contribution is -2.12. The third-order valence-corrected chi connectivity index (χ3v) is 2.69. The van der Waals surface area contributed by atoms with E-state index in [9.17, 15) is 9.59 Å². The summed E-state index contributed by atoms with van der Waals surface area (Å²) in [5.74, 6) is 0.669. The van der Waals surface area contributed by atoms with Crippen molar-refractivity contribution in [1.29, 1.82) is 0 Å². The molecular formula is C12H22O2. The van der Waals surface area contributed by atoms with Gasteiger partial charge in [-0.15, -0.1) is 0 Å². The first-order valence-electron chi connectivity index (χ1n) is 5.72. The minimum absolute atomic E-state index is 0.265. The van der Waals surface area contributed by atoms with E-state index in [1.165, 1.54) is 0 Å². The van der Waals surface area contributed by atoms with Crippen LogP contribution in [0, 0.1) is 5.92 Å². The highest BCUT2D eigenvalue weighted by molar-refractivity contribution is 5.80. The van der Waals surface area contributed by atoms with E-state index in [-0.39, 0.29) is 5.92 Å². The molecule has 82 valence electrons. The van der Waals surface area contributed by atoms with Crippen molar-refractivity contribution in [3.63, 3.8) is 0 Å². The second kappa shape index (κ2) is 8.92. The van der Waals surface area contributed by atoms with Gasteiger partial charge < -0.3 is 4.79 Å². The van der Waals surface area contributed by atoms with E-state index in [4.69, 9.17) is 0 Å². The van der Waals surface area contributed by atoms with Crippen LogP contribution in [0.25, 0.3) is 0 Å².